The van der Waals surface area contributed by atoms with Gasteiger partial charge in [-0.25, -0.2) is 0 Å². The average molecular weight is 736 g/mol. The summed E-state index contributed by atoms with van der Waals surface area (Å²) in [5.41, 5.74) is 20.5. The van der Waals surface area contributed by atoms with Crippen molar-refractivity contribution in [1.82, 2.24) is 0 Å². The van der Waals surface area contributed by atoms with Crippen molar-refractivity contribution >= 4 is 27.8 Å². The lowest BCUT2D eigenvalue weighted by atomic mass is 9.82. The smallest absolute Gasteiger partial charge is 0.0546 e. The molecule has 0 saturated heterocycles. The van der Waals surface area contributed by atoms with Gasteiger partial charge >= 0.3 is 0 Å². The van der Waals surface area contributed by atoms with Crippen molar-refractivity contribution in [3.63, 3.8) is 0 Å². The zero-order valence-electron chi connectivity index (χ0n) is 34.1. The molecule has 0 fully saturated rings. The van der Waals surface area contributed by atoms with Crippen LogP contribution in [0, 0.1) is 0 Å². The number of hydrogen-bond acceptors (Lipinski definition) is 1. The van der Waals surface area contributed by atoms with Crippen molar-refractivity contribution in [2.45, 2.75) is 64.7 Å². The number of anilines is 3. The minimum absolute atomic E-state index is 0.0542. The highest BCUT2D eigenvalue weighted by molar-refractivity contribution is 6.06. The van der Waals surface area contributed by atoms with E-state index in [1.807, 2.05) is 0 Å². The first kappa shape index (κ1) is 35.2. The van der Waals surface area contributed by atoms with Crippen LogP contribution in [0.4, 0.5) is 17.1 Å². The SMILES string of the molecule is CC(C)(C)c1ccc(-c2ccc(N(c3ccc4c(c3)-c3ccccc3C4(C)C)c3ccc4ccccc4c3-c3ccc4c(c3)-c3ccccc3C4(C)C)cc2)cc1. The van der Waals surface area contributed by atoms with E-state index < -0.39 is 0 Å². The molecule has 2 aliphatic rings. The fourth-order valence-corrected chi connectivity index (χ4v) is 9.87. The molecule has 1 nitrogen and oxygen atoms in total. The molecule has 8 aromatic rings. The molecule has 278 valence electrons. The van der Waals surface area contributed by atoms with Crippen LogP contribution in [0.1, 0.15) is 76.3 Å². The number of rotatable bonds is 5. The maximum absolute atomic E-state index is 2.49. The van der Waals surface area contributed by atoms with Crippen LogP contribution in [0.3, 0.4) is 0 Å². The lowest BCUT2D eigenvalue weighted by molar-refractivity contribution is 0.590. The van der Waals surface area contributed by atoms with Gasteiger partial charge in [-0.3, -0.25) is 0 Å². The summed E-state index contributed by atoms with van der Waals surface area (Å²) >= 11 is 0. The zero-order chi connectivity index (χ0) is 39.3. The Bertz CT molecular complexity index is 2860. The fourth-order valence-electron chi connectivity index (χ4n) is 9.87. The van der Waals surface area contributed by atoms with Gasteiger partial charge in [0, 0.05) is 27.8 Å². The topological polar surface area (TPSA) is 3.24 Å². The number of fused-ring (bicyclic) bond motifs is 7. The monoisotopic (exact) mass is 735 g/mol. The van der Waals surface area contributed by atoms with E-state index in [0.717, 1.165) is 17.1 Å². The first-order valence-electron chi connectivity index (χ1n) is 20.4. The third-order valence-electron chi connectivity index (χ3n) is 13.1. The standard InChI is InChI=1S/C56H49N/c1-54(2,3)40-26-20-36(21-27-40)37-22-28-41(29-23-37)57(42-30-32-51-47(35-42)45-17-11-13-19-49(45)56(51,6)7)52-33-25-38-14-8-9-15-43(38)53(52)39-24-31-50-46(34-39)44-16-10-12-18-48(44)55(50,4)5/h8-35H,1-7H3. The summed E-state index contributed by atoms with van der Waals surface area (Å²) in [6.45, 7) is 16.2. The Morgan fingerprint density at radius 2 is 0.895 bits per heavy atom. The van der Waals surface area contributed by atoms with Crippen molar-refractivity contribution in [3.8, 4) is 44.5 Å². The lowest BCUT2D eigenvalue weighted by Crippen LogP contribution is -2.15. The second kappa shape index (κ2) is 12.7. The summed E-state index contributed by atoms with van der Waals surface area (Å²) in [6, 6.07) is 64.0. The molecule has 0 bridgehead atoms. The van der Waals surface area contributed by atoms with Gasteiger partial charge in [-0.15, -0.1) is 0 Å². The summed E-state index contributed by atoms with van der Waals surface area (Å²) in [7, 11) is 0. The summed E-state index contributed by atoms with van der Waals surface area (Å²) in [6.07, 6.45) is 0. The molecular weight excluding hydrogens is 687 g/mol. The molecule has 0 aliphatic heterocycles. The van der Waals surface area contributed by atoms with Crippen LogP contribution in [-0.2, 0) is 16.2 Å². The second-order valence-electron chi connectivity index (χ2n) is 18.2. The zero-order valence-corrected chi connectivity index (χ0v) is 34.1. The van der Waals surface area contributed by atoms with Crippen LogP contribution in [-0.4, -0.2) is 0 Å². The van der Waals surface area contributed by atoms with Gasteiger partial charge in [-0.05, 0) is 119 Å². The predicted octanol–water partition coefficient (Wildman–Crippen LogP) is 15.6. The maximum atomic E-state index is 2.49. The molecular formula is C56H49N. The van der Waals surface area contributed by atoms with Crippen LogP contribution in [0.25, 0.3) is 55.3 Å². The van der Waals surface area contributed by atoms with Crippen LogP contribution >= 0.6 is 0 Å². The summed E-state index contributed by atoms with van der Waals surface area (Å²) in [5.74, 6) is 0. The van der Waals surface area contributed by atoms with Crippen LogP contribution in [0.5, 0.6) is 0 Å². The molecule has 57 heavy (non-hydrogen) atoms. The van der Waals surface area contributed by atoms with Crippen molar-refractivity contribution < 1.29 is 0 Å². The van der Waals surface area contributed by atoms with Gasteiger partial charge in [0.25, 0.3) is 0 Å². The Kier molecular flexibility index (Phi) is 7.83. The molecule has 0 N–H and O–H groups in total. The fraction of sp³-hybridized carbons (Fsp3) is 0.179. The largest absolute Gasteiger partial charge is 0.310 e. The third kappa shape index (κ3) is 5.51. The minimum atomic E-state index is -0.0674. The van der Waals surface area contributed by atoms with Gasteiger partial charge < -0.3 is 4.90 Å². The highest BCUT2D eigenvalue weighted by Crippen LogP contribution is 2.54. The number of hydrogen-bond donors (Lipinski definition) is 0. The van der Waals surface area contributed by atoms with E-state index in [1.54, 1.807) is 0 Å². The Balaban J connectivity index is 1.19. The molecule has 0 radical (unpaired) electrons. The highest BCUT2D eigenvalue weighted by Gasteiger charge is 2.37. The molecule has 0 amide bonds. The summed E-state index contributed by atoms with van der Waals surface area (Å²) in [4.78, 5) is 2.49. The third-order valence-corrected chi connectivity index (χ3v) is 13.1. The Labute approximate surface area is 338 Å². The summed E-state index contributed by atoms with van der Waals surface area (Å²) < 4.78 is 0. The normalized spacial score (nSPS) is 14.5. The van der Waals surface area contributed by atoms with Crippen LogP contribution in [0.2, 0.25) is 0 Å². The molecule has 0 spiro atoms. The Morgan fingerprint density at radius 3 is 1.53 bits per heavy atom. The van der Waals surface area contributed by atoms with E-state index >= 15 is 0 Å². The van der Waals surface area contributed by atoms with Crippen molar-refractivity contribution in [3.05, 3.63) is 198 Å². The molecule has 0 heterocycles. The first-order chi connectivity index (χ1) is 27.4. The first-order valence-corrected chi connectivity index (χ1v) is 20.4. The maximum Gasteiger partial charge on any atom is 0.0546 e. The van der Waals surface area contributed by atoms with Gasteiger partial charge in [0.05, 0.1) is 5.69 Å². The molecule has 2 aliphatic carbocycles. The van der Waals surface area contributed by atoms with Crippen LogP contribution in [0.15, 0.2) is 170 Å². The van der Waals surface area contributed by atoms with Gasteiger partial charge in [0.2, 0.25) is 0 Å². The van der Waals surface area contributed by atoms with E-state index in [-0.39, 0.29) is 16.2 Å². The predicted molar refractivity (Wildman–Crippen MR) is 243 cm³/mol. The Hall–Kier alpha value is -6.18. The molecule has 8 aromatic carbocycles. The summed E-state index contributed by atoms with van der Waals surface area (Å²) in [5, 5.41) is 2.48. The molecule has 10 rings (SSSR count). The quantitative estimate of drug-likeness (QED) is 0.170. The molecule has 0 atom stereocenters. The average Bonchev–Trinajstić information content (AvgIpc) is 3.60. The van der Waals surface area contributed by atoms with Gasteiger partial charge in [0.1, 0.15) is 0 Å². The number of benzene rings is 8. The van der Waals surface area contributed by atoms with Gasteiger partial charge in [-0.1, -0.05) is 182 Å². The van der Waals surface area contributed by atoms with Crippen LogP contribution < -0.4 is 4.90 Å². The second-order valence-corrected chi connectivity index (χ2v) is 18.2. The highest BCUT2D eigenvalue weighted by atomic mass is 15.1. The van der Waals surface area contributed by atoms with E-state index in [4.69, 9.17) is 0 Å². The Morgan fingerprint density at radius 1 is 0.404 bits per heavy atom. The molecule has 0 unspecified atom stereocenters. The van der Waals surface area contributed by atoms with Gasteiger partial charge in [-0.2, -0.15) is 0 Å². The van der Waals surface area contributed by atoms with E-state index in [0.29, 0.717) is 0 Å². The molecule has 0 aromatic heterocycles. The van der Waals surface area contributed by atoms with Crippen molar-refractivity contribution in [2.24, 2.45) is 0 Å². The lowest BCUT2D eigenvalue weighted by Gasteiger charge is -2.30. The van der Waals surface area contributed by atoms with E-state index in [2.05, 4.69) is 223 Å². The van der Waals surface area contributed by atoms with E-state index in [1.165, 1.54) is 83.1 Å². The number of nitrogens with zero attached hydrogens (tertiary/aromatic N) is 1. The molecule has 0 saturated carbocycles. The van der Waals surface area contributed by atoms with Crippen molar-refractivity contribution in [1.29, 1.82) is 0 Å². The molecule has 1 heteroatoms. The minimum Gasteiger partial charge on any atom is -0.310 e. The van der Waals surface area contributed by atoms with Crippen molar-refractivity contribution in [2.75, 3.05) is 4.90 Å². The van der Waals surface area contributed by atoms with Gasteiger partial charge in [0.15, 0.2) is 0 Å². The van der Waals surface area contributed by atoms with E-state index in [9.17, 15) is 0 Å².